The monoisotopic (exact) mass is 299 g/mol. The highest BCUT2D eigenvalue weighted by molar-refractivity contribution is 6.14. The van der Waals surface area contributed by atoms with Crippen molar-refractivity contribution in [1.29, 1.82) is 0 Å². The summed E-state index contributed by atoms with van der Waals surface area (Å²) in [6, 6.07) is 1.70. The summed E-state index contributed by atoms with van der Waals surface area (Å²) < 4.78 is 16.2. The van der Waals surface area contributed by atoms with Crippen LogP contribution in [0.2, 0.25) is 0 Å². The summed E-state index contributed by atoms with van der Waals surface area (Å²) in [5.74, 6) is 0.745. The molecule has 1 unspecified atom stereocenters. The van der Waals surface area contributed by atoms with Crippen molar-refractivity contribution < 1.29 is 23.8 Å². The Kier molecular flexibility index (Phi) is 2.43. The summed E-state index contributed by atoms with van der Waals surface area (Å²) in [7, 11) is 3.07. The summed E-state index contributed by atoms with van der Waals surface area (Å²) in [5.41, 5.74) is -0.232. The number of nitrogens with zero attached hydrogens (tertiary/aromatic N) is 1. The van der Waals surface area contributed by atoms with E-state index < -0.39 is 5.54 Å². The van der Waals surface area contributed by atoms with Gasteiger partial charge in [-0.1, -0.05) is 12.2 Å². The van der Waals surface area contributed by atoms with Crippen LogP contribution in [0.15, 0.2) is 30.4 Å². The van der Waals surface area contributed by atoms with Gasteiger partial charge in [0, 0.05) is 12.6 Å². The Morgan fingerprint density at radius 1 is 1.27 bits per heavy atom. The highest BCUT2D eigenvalue weighted by atomic mass is 16.7. The van der Waals surface area contributed by atoms with Crippen LogP contribution in [0.4, 0.5) is 0 Å². The first-order valence-electron chi connectivity index (χ1n) is 6.81. The molecule has 6 nitrogen and oxygen atoms in total. The lowest BCUT2D eigenvalue weighted by atomic mass is 9.82. The Balaban J connectivity index is 2.07. The molecule has 1 aromatic carbocycles. The van der Waals surface area contributed by atoms with Crippen molar-refractivity contribution in [2.24, 2.45) is 0 Å². The molecule has 0 fully saturated rings. The van der Waals surface area contributed by atoms with E-state index in [1.54, 1.807) is 31.3 Å². The van der Waals surface area contributed by atoms with Gasteiger partial charge in [0.05, 0.1) is 12.7 Å². The number of rotatable bonds is 1. The predicted molar refractivity (Wildman–Crippen MR) is 76.2 cm³/mol. The van der Waals surface area contributed by atoms with Gasteiger partial charge in [-0.25, -0.2) is 0 Å². The molecule has 0 saturated heterocycles. The quantitative estimate of drug-likeness (QED) is 0.784. The van der Waals surface area contributed by atoms with Crippen molar-refractivity contribution in [1.82, 2.24) is 4.90 Å². The zero-order chi connectivity index (χ0) is 15.5. The number of amides is 1. The fourth-order valence-electron chi connectivity index (χ4n) is 3.28. The average Bonchev–Trinajstić information content (AvgIpc) is 3.07. The molecular weight excluding hydrogens is 286 g/mol. The zero-order valence-corrected chi connectivity index (χ0v) is 12.1. The van der Waals surface area contributed by atoms with Crippen LogP contribution >= 0.6 is 0 Å². The fraction of sp³-hybridized carbons (Fsp3) is 0.250. The van der Waals surface area contributed by atoms with E-state index in [1.165, 1.54) is 18.1 Å². The fourth-order valence-corrected chi connectivity index (χ4v) is 3.28. The molecule has 6 heteroatoms. The molecule has 1 aromatic rings. The number of allylic oxidation sites excluding steroid dienone is 2. The van der Waals surface area contributed by atoms with E-state index in [-0.39, 0.29) is 18.5 Å². The van der Waals surface area contributed by atoms with E-state index in [9.17, 15) is 9.59 Å². The van der Waals surface area contributed by atoms with Crippen molar-refractivity contribution in [3.63, 3.8) is 0 Å². The molecule has 22 heavy (non-hydrogen) atoms. The van der Waals surface area contributed by atoms with Gasteiger partial charge in [0.2, 0.25) is 12.5 Å². The van der Waals surface area contributed by atoms with Crippen LogP contribution in [0.1, 0.15) is 15.9 Å². The highest BCUT2D eigenvalue weighted by Gasteiger charge is 2.54. The van der Waals surface area contributed by atoms with E-state index >= 15 is 0 Å². The van der Waals surface area contributed by atoms with E-state index in [2.05, 4.69) is 0 Å². The highest BCUT2D eigenvalue weighted by Crippen LogP contribution is 2.53. The maximum atomic E-state index is 12.7. The number of likely N-dealkylation sites (N-methyl/N-ethyl adjacent to an activating group) is 1. The summed E-state index contributed by atoms with van der Waals surface area (Å²) >= 11 is 0. The standard InChI is InChI=1S/C16H13NO5/c1-17-15(19)12-9(16(17)6-4-3-5-11(16)18)7-10-13(14(12)20-2)22-8-21-10/h3-7H,8H2,1-2H3. The van der Waals surface area contributed by atoms with Crippen LogP contribution < -0.4 is 14.2 Å². The van der Waals surface area contributed by atoms with Crippen LogP contribution in [0.3, 0.4) is 0 Å². The van der Waals surface area contributed by atoms with Crippen LogP contribution in [0.25, 0.3) is 0 Å². The first-order chi connectivity index (χ1) is 10.6. The van der Waals surface area contributed by atoms with Crippen molar-refractivity contribution in [2.75, 3.05) is 21.0 Å². The first kappa shape index (κ1) is 12.9. The molecule has 1 atom stereocenters. The Bertz CT molecular complexity index is 779. The molecule has 0 N–H and O–H groups in total. The molecule has 0 aromatic heterocycles. The average molecular weight is 299 g/mol. The van der Waals surface area contributed by atoms with Crippen molar-refractivity contribution in [2.45, 2.75) is 5.54 Å². The first-order valence-corrected chi connectivity index (χ1v) is 6.81. The van der Waals surface area contributed by atoms with E-state index in [0.717, 1.165) is 0 Å². The Morgan fingerprint density at radius 3 is 2.82 bits per heavy atom. The number of carbonyl (C=O) groups excluding carboxylic acids is 2. The number of carbonyl (C=O) groups is 2. The van der Waals surface area contributed by atoms with E-state index in [1.807, 2.05) is 0 Å². The molecule has 2 aliphatic heterocycles. The molecule has 2 heterocycles. The van der Waals surface area contributed by atoms with Crippen molar-refractivity contribution in [3.05, 3.63) is 41.5 Å². The van der Waals surface area contributed by atoms with Crippen LogP contribution in [0, 0.1) is 0 Å². The number of benzene rings is 1. The lowest BCUT2D eigenvalue weighted by molar-refractivity contribution is -0.122. The molecule has 1 aliphatic carbocycles. The van der Waals surface area contributed by atoms with E-state index in [0.29, 0.717) is 28.4 Å². The second-order valence-corrected chi connectivity index (χ2v) is 5.28. The lowest BCUT2D eigenvalue weighted by Gasteiger charge is -2.32. The second kappa shape index (κ2) is 4.13. The zero-order valence-electron chi connectivity index (χ0n) is 12.1. The molecule has 4 rings (SSSR count). The van der Waals surface area contributed by atoms with Gasteiger partial charge in [-0.2, -0.15) is 0 Å². The minimum atomic E-state index is -1.14. The Hall–Kier alpha value is -2.76. The topological polar surface area (TPSA) is 65.1 Å². The number of ketones is 1. The molecule has 3 aliphatic rings. The Labute approximate surface area is 126 Å². The van der Waals surface area contributed by atoms with Gasteiger partial charge >= 0.3 is 0 Å². The molecule has 0 bridgehead atoms. The summed E-state index contributed by atoms with van der Waals surface area (Å²) in [6.07, 6.45) is 6.61. The van der Waals surface area contributed by atoms with Crippen LogP contribution in [-0.4, -0.2) is 37.5 Å². The van der Waals surface area contributed by atoms with Crippen LogP contribution in [0.5, 0.6) is 17.2 Å². The lowest BCUT2D eigenvalue weighted by Crippen LogP contribution is -2.46. The molecule has 0 saturated carbocycles. The third-order valence-electron chi connectivity index (χ3n) is 4.35. The van der Waals surface area contributed by atoms with E-state index in [4.69, 9.17) is 14.2 Å². The maximum absolute atomic E-state index is 12.7. The normalized spacial score (nSPS) is 24.4. The summed E-state index contributed by atoms with van der Waals surface area (Å²) in [4.78, 5) is 26.8. The molecule has 1 amide bonds. The molecule has 0 radical (unpaired) electrons. The number of hydrogen-bond acceptors (Lipinski definition) is 5. The summed E-state index contributed by atoms with van der Waals surface area (Å²) in [5, 5.41) is 0. The van der Waals surface area contributed by atoms with Gasteiger partial charge in [0.25, 0.3) is 5.91 Å². The number of fused-ring (bicyclic) bond motifs is 3. The SMILES string of the molecule is COc1c2c(cc3c1C(=O)N(C)C31C=CC=CC1=O)OCO2. The second-order valence-electron chi connectivity index (χ2n) is 5.28. The minimum absolute atomic E-state index is 0.0648. The van der Waals surface area contributed by atoms with Gasteiger partial charge < -0.3 is 19.1 Å². The minimum Gasteiger partial charge on any atom is -0.492 e. The van der Waals surface area contributed by atoms with Gasteiger partial charge in [-0.15, -0.1) is 0 Å². The smallest absolute Gasteiger partial charge is 0.259 e. The number of hydrogen-bond donors (Lipinski definition) is 0. The number of ether oxygens (including phenoxy) is 3. The van der Waals surface area contributed by atoms with Gasteiger partial charge in [-0.05, 0) is 18.2 Å². The maximum Gasteiger partial charge on any atom is 0.259 e. The van der Waals surface area contributed by atoms with Gasteiger partial charge in [0.1, 0.15) is 0 Å². The van der Waals surface area contributed by atoms with Gasteiger partial charge in [-0.3, -0.25) is 9.59 Å². The predicted octanol–water partition coefficient (Wildman–Crippen LogP) is 1.40. The third kappa shape index (κ3) is 1.30. The Morgan fingerprint density at radius 2 is 2.09 bits per heavy atom. The number of methoxy groups -OCH3 is 1. The third-order valence-corrected chi connectivity index (χ3v) is 4.35. The van der Waals surface area contributed by atoms with Crippen molar-refractivity contribution in [3.8, 4) is 17.2 Å². The molecule has 1 spiro atoms. The van der Waals surface area contributed by atoms with Gasteiger partial charge in [0.15, 0.2) is 22.8 Å². The summed E-state index contributed by atoms with van der Waals surface area (Å²) in [6.45, 7) is 0.0648. The van der Waals surface area contributed by atoms with Crippen molar-refractivity contribution >= 4 is 11.7 Å². The van der Waals surface area contributed by atoms with Crippen LogP contribution in [-0.2, 0) is 10.3 Å². The largest absolute Gasteiger partial charge is 0.492 e. The molecular formula is C16H13NO5. The molecule has 112 valence electrons.